The van der Waals surface area contributed by atoms with Gasteiger partial charge in [0.1, 0.15) is 11.4 Å². The molecule has 5 heteroatoms. The Hall–Kier alpha value is -2.01. The molecule has 1 aromatic heterocycles. The van der Waals surface area contributed by atoms with E-state index in [1.165, 1.54) is 31.4 Å². The Kier molecular flexibility index (Phi) is 4.07. The lowest BCUT2D eigenvalue weighted by Crippen LogP contribution is -2.31. The van der Waals surface area contributed by atoms with Crippen LogP contribution in [0.5, 0.6) is 0 Å². The summed E-state index contributed by atoms with van der Waals surface area (Å²) < 4.78 is 13.0. The van der Waals surface area contributed by atoms with Gasteiger partial charge in [0.05, 0.1) is 0 Å². The zero-order valence-corrected chi connectivity index (χ0v) is 12.7. The fourth-order valence-corrected chi connectivity index (χ4v) is 2.77. The summed E-state index contributed by atoms with van der Waals surface area (Å²) in [6, 6.07) is 5.83. The number of nitrogens with zero attached hydrogens (tertiary/aromatic N) is 3. The third kappa shape index (κ3) is 2.95. The second-order valence-corrected chi connectivity index (χ2v) is 5.90. The van der Waals surface area contributed by atoms with Gasteiger partial charge >= 0.3 is 0 Å². The monoisotopic (exact) mass is 301 g/mol. The Bertz CT molecular complexity index is 619. The third-order valence-electron chi connectivity index (χ3n) is 4.25. The summed E-state index contributed by atoms with van der Waals surface area (Å²) in [6.07, 6.45) is 6.89. The molecule has 3 rings (SSSR count). The van der Waals surface area contributed by atoms with Crippen LogP contribution in [0.4, 0.5) is 10.3 Å². The SMILES string of the molecule is CC(O)(c1ccc(F)cc1)c1cnc(N2CCCCC2)nc1. The van der Waals surface area contributed by atoms with Crippen molar-refractivity contribution in [3.63, 3.8) is 0 Å². The maximum atomic E-state index is 13.0. The lowest BCUT2D eigenvalue weighted by atomic mass is 9.90. The van der Waals surface area contributed by atoms with Gasteiger partial charge in [-0.25, -0.2) is 14.4 Å². The molecule has 1 aromatic carbocycles. The summed E-state index contributed by atoms with van der Waals surface area (Å²) in [5.74, 6) is 0.384. The van der Waals surface area contributed by atoms with E-state index in [4.69, 9.17) is 0 Å². The normalized spacial score (nSPS) is 18.0. The van der Waals surface area contributed by atoms with Crippen LogP contribution in [0.15, 0.2) is 36.7 Å². The van der Waals surface area contributed by atoms with Crippen LogP contribution >= 0.6 is 0 Å². The van der Waals surface area contributed by atoms with Gasteiger partial charge in [-0.3, -0.25) is 0 Å². The Morgan fingerprint density at radius 1 is 1.00 bits per heavy atom. The molecule has 1 aliphatic rings. The molecule has 1 saturated heterocycles. The molecule has 1 fully saturated rings. The maximum Gasteiger partial charge on any atom is 0.225 e. The smallest absolute Gasteiger partial charge is 0.225 e. The number of hydrogen-bond donors (Lipinski definition) is 1. The molecule has 22 heavy (non-hydrogen) atoms. The molecule has 0 bridgehead atoms. The highest BCUT2D eigenvalue weighted by Crippen LogP contribution is 2.29. The molecule has 1 atom stereocenters. The number of hydrogen-bond acceptors (Lipinski definition) is 4. The molecule has 0 amide bonds. The molecule has 2 heterocycles. The summed E-state index contributed by atoms with van der Waals surface area (Å²) in [6.45, 7) is 3.63. The zero-order valence-electron chi connectivity index (χ0n) is 12.7. The highest BCUT2D eigenvalue weighted by Gasteiger charge is 2.27. The standard InChI is InChI=1S/C17H20FN3O/c1-17(22,13-5-7-15(18)8-6-13)14-11-19-16(20-12-14)21-9-3-2-4-10-21/h5-8,11-12,22H,2-4,9-10H2,1H3. The predicted octanol–water partition coefficient (Wildman–Crippen LogP) is 2.86. The van der Waals surface area contributed by atoms with Gasteiger partial charge < -0.3 is 10.0 Å². The van der Waals surface area contributed by atoms with Gasteiger partial charge in [0.25, 0.3) is 0 Å². The molecule has 4 nitrogen and oxygen atoms in total. The maximum absolute atomic E-state index is 13.0. The van der Waals surface area contributed by atoms with Crippen LogP contribution in [0, 0.1) is 5.82 Å². The summed E-state index contributed by atoms with van der Waals surface area (Å²) in [7, 11) is 0. The third-order valence-corrected chi connectivity index (χ3v) is 4.25. The van der Waals surface area contributed by atoms with Crippen LogP contribution in [0.3, 0.4) is 0 Å². The summed E-state index contributed by atoms with van der Waals surface area (Å²) >= 11 is 0. The average Bonchev–Trinajstić information content (AvgIpc) is 2.56. The van der Waals surface area contributed by atoms with Crippen molar-refractivity contribution in [3.05, 3.63) is 53.6 Å². The number of halogens is 1. The lowest BCUT2D eigenvalue weighted by Gasteiger charge is -2.28. The van der Waals surface area contributed by atoms with Gasteiger partial charge in [-0.05, 0) is 43.9 Å². The van der Waals surface area contributed by atoms with Gasteiger partial charge in [0.2, 0.25) is 5.95 Å². The number of anilines is 1. The molecule has 1 aliphatic heterocycles. The van der Waals surface area contributed by atoms with E-state index in [0.717, 1.165) is 13.1 Å². The van der Waals surface area contributed by atoms with E-state index in [-0.39, 0.29) is 5.82 Å². The Balaban J connectivity index is 1.83. The van der Waals surface area contributed by atoms with E-state index in [9.17, 15) is 9.50 Å². The fourth-order valence-electron chi connectivity index (χ4n) is 2.77. The van der Waals surface area contributed by atoms with Crippen LogP contribution in [0.1, 0.15) is 37.3 Å². The second-order valence-electron chi connectivity index (χ2n) is 5.90. The van der Waals surface area contributed by atoms with Crippen LogP contribution in [0.25, 0.3) is 0 Å². The van der Waals surface area contributed by atoms with Crippen LogP contribution in [0.2, 0.25) is 0 Å². The number of piperidine rings is 1. The Morgan fingerprint density at radius 3 is 2.18 bits per heavy atom. The van der Waals surface area contributed by atoms with Crippen LogP contribution in [-0.4, -0.2) is 28.2 Å². The first-order valence-corrected chi connectivity index (χ1v) is 7.63. The van der Waals surface area contributed by atoms with Crippen molar-refractivity contribution in [3.8, 4) is 0 Å². The van der Waals surface area contributed by atoms with Crippen molar-refractivity contribution >= 4 is 5.95 Å². The minimum absolute atomic E-state index is 0.323. The van der Waals surface area contributed by atoms with Gasteiger partial charge in [0, 0.05) is 31.0 Å². The molecule has 0 spiro atoms. The van der Waals surface area contributed by atoms with Gasteiger partial charge in [-0.1, -0.05) is 12.1 Å². The van der Waals surface area contributed by atoms with E-state index in [1.807, 2.05) is 0 Å². The van der Waals surface area contributed by atoms with Crippen molar-refractivity contribution in [1.29, 1.82) is 0 Å². The summed E-state index contributed by atoms with van der Waals surface area (Å²) in [5, 5.41) is 10.7. The van der Waals surface area contributed by atoms with Gasteiger partial charge in [0.15, 0.2) is 0 Å². The van der Waals surface area contributed by atoms with Crippen LogP contribution < -0.4 is 4.90 Å². The van der Waals surface area contributed by atoms with E-state index in [2.05, 4.69) is 14.9 Å². The molecule has 1 unspecified atom stereocenters. The highest BCUT2D eigenvalue weighted by molar-refractivity contribution is 5.36. The largest absolute Gasteiger partial charge is 0.381 e. The lowest BCUT2D eigenvalue weighted by molar-refractivity contribution is 0.101. The predicted molar refractivity (Wildman–Crippen MR) is 83.2 cm³/mol. The molecular formula is C17H20FN3O. The number of rotatable bonds is 3. The van der Waals surface area contributed by atoms with Crippen molar-refractivity contribution in [1.82, 2.24) is 9.97 Å². The highest BCUT2D eigenvalue weighted by atomic mass is 19.1. The van der Waals surface area contributed by atoms with E-state index < -0.39 is 5.60 Å². The molecule has 0 aliphatic carbocycles. The molecule has 2 aromatic rings. The number of aliphatic hydroxyl groups is 1. The fraction of sp³-hybridized carbons (Fsp3) is 0.412. The minimum atomic E-state index is -1.24. The summed E-state index contributed by atoms with van der Waals surface area (Å²) in [4.78, 5) is 11.0. The number of benzene rings is 1. The van der Waals surface area contributed by atoms with E-state index >= 15 is 0 Å². The Labute approximate surface area is 129 Å². The van der Waals surface area contributed by atoms with Crippen molar-refractivity contribution in [2.45, 2.75) is 31.8 Å². The first-order valence-electron chi connectivity index (χ1n) is 7.63. The van der Waals surface area contributed by atoms with Gasteiger partial charge in [-0.2, -0.15) is 0 Å². The van der Waals surface area contributed by atoms with Crippen molar-refractivity contribution < 1.29 is 9.50 Å². The summed E-state index contributed by atoms with van der Waals surface area (Å²) in [5.41, 5.74) is -0.0307. The minimum Gasteiger partial charge on any atom is -0.381 e. The second kappa shape index (κ2) is 6.01. The van der Waals surface area contributed by atoms with E-state index in [0.29, 0.717) is 17.1 Å². The van der Waals surface area contributed by atoms with Crippen molar-refractivity contribution in [2.75, 3.05) is 18.0 Å². The molecular weight excluding hydrogens is 281 g/mol. The van der Waals surface area contributed by atoms with Crippen molar-refractivity contribution in [2.24, 2.45) is 0 Å². The molecule has 0 saturated carbocycles. The topological polar surface area (TPSA) is 49.3 Å². The zero-order chi connectivity index (χ0) is 15.6. The molecule has 1 N–H and O–H groups in total. The van der Waals surface area contributed by atoms with Gasteiger partial charge in [-0.15, -0.1) is 0 Å². The average molecular weight is 301 g/mol. The van der Waals surface area contributed by atoms with Crippen LogP contribution in [-0.2, 0) is 5.60 Å². The molecule has 116 valence electrons. The first kappa shape index (κ1) is 14.9. The quantitative estimate of drug-likeness (QED) is 0.947. The Morgan fingerprint density at radius 2 is 1.59 bits per heavy atom. The first-order chi connectivity index (χ1) is 10.6. The molecule has 0 radical (unpaired) electrons. The van der Waals surface area contributed by atoms with E-state index in [1.54, 1.807) is 31.5 Å². The number of aromatic nitrogens is 2.